The Morgan fingerprint density at radius 3 is 2.10 bits per heavy atom. The van der Waals surface area contributed by atoms with Crippen molar-refractivity contribution in [3.63, 3.8) is 0 Å². The standard InChI is InChI=1S/C39H43Cl2N3O4S/c1-27(2)31-16-18-33(19-17-31)44(49(47,48)34-20-13-28(3)14-21-34)26-38(45)43(25-30-15-22-35(40)36(41)23-30)37(24-29-9-5-4-6-10-29)39(46)42-32-11-7-8-12-32/h4-6,9-10,13-23,27,32,37H,7-8,11-12,24-26H2,1-3H3,(H,42,46). The second-order valence-electron chi connectivity index (χ2n) is 13.0. The lowest BCUT2D eigenvalue weighted by atomic mass is 10.0. The predicted octanol–water partition coefficient (Wildman–Crippen LogP) is 8.32. The molecule has 0 aromatic heterocycles. The molecular formula is C39H43Cl2N3O4S. The van der Waals surface area contributed by atoms with Crippen LogP contribution in [-0.4, -0.2) is 43.8 Å². The fourth-order valence-electron chi connectivity index (χ4n) is 6.15. The number of benzene rings is 4. The van der Waals surface area contributed by atoms with Gasteiger partial charge < -0.3 is 10.2 Å². The largest absolute Gasteiger partial charge is 0.352 e. The summed E-state index contributed by atoms with van der Waals surface area (Å²) in [5.41, 5.74) is 3.82. The van der Waals surface area contributed by atoms with Crippen LogP contribution in [0.25, 0.3) is 0 Å². The van der Waals surface area contributed by atoms with Crippen LogP contribution in [0.2, 0.25) is 10.0 Å². The van der Waals surface area contributed by atoms with Crippen molar-refractivity contribution in [1.82, 2.24) is 10.2 Å². The number of aryl methyl sites for hydroxylation is 1. The van der Waals surface area contributed by atoms with Gasteiger partial charge in [0, 0.05) is 19.0 Å². The van der Waals surface area contributed by atoms with E-state index >= 15 is 0 Å². The van der Waals surface area contributed by atoms with Gasteiger partial charge in [-0.1, -0.05) is 116 Å². The van der Waals surface area contributed by atoms with Crippen LogP contribution in [0.5, 0.6) is 0 Å². The molecule has 1 aliphatic rings. The molecule has 0 spiro atoms. The number of hydrogen-bond acceptors (Lipinski definition) is 4. The summed E-state index contributed by atoms with van der Waals surface area (Å²) in [5, 5.41) is 3.87. The second kappa shape index (κ2) is 16.2. The zero-order valence-corrected chi connectivity index (χ0v) is 30.4. The van der Waals surface area contributed by atoms with E-state index in [0.29, 0.717) is 21.3 Å². The summed E-state index contributed by atoms with van der Waals surface area (Å²) in [5.74, 6) is -0.577. The molecule has 1 N–H and O–H groups in total. The summed E-state index contributed by atoms with van der Waals surface area (Å²) >= 11 is 12.6. The lowest BCUT2D eigenvalue weighted by Gasteiger charge is -2.34. The Morgan fingerprint density at radius 1 is 0.837 bits per heavy atom. The predicted molar refractivity (Wildman–Crippen MR) is 198 cm³/mol. The fraction of sp³-hybridized carbons (Fsp3) is 0.333. The average molecular weight is 721 g/mol. The minimum absolute atomic E-state index is 0.00994. The third-order valence-electron chi connectivity index (χ3n) is 9.05. The number of nitrogens with zero attached hydrogens (tertiary/aromatic N) is 2. The number of anilines is 1. The maximum atomic E-state index is 14.7. The van der Waals surface area contributed by atoms with E-state index < -0.39 is 28.5 Å². The Balaban J connectivity index is 1.58. The van der Waals surface area contributed by atoms with Crippen LogP contribution in [0.1, 0.15) is 67.7 Å². The van der Waals surface area contributed by atoms with Gasteiger partial charge in [0.05, 0.1) is 20.6 Å². The molecule has 10 heteroatoms. The summed E-state index contributed by atoms with van der Waals surface area (Å²) < 4.78 is 29.8. The van der Waals surface area contributed by atoms with Crippen LogP contribution in [0.4, 0.5) is 5.69 Å². The van der Waals surface area contributed by atoms with Crippen molar-refractivity contribution < 1.29 is 18.0 Å². The number of hydrogen-bond donors (Lipinski definition) is 1. The molecular weight excluding hydrogens is 677 g/mol. The first-order valence-electron chi connectivity index (χ1n) is 16.7. The van der Waals surface area contributed by atoms with Gasteiger partial charge in [-0.2, -0.15) is 0 Å². The van der Waals surface area contributed by atoms with Gasteiger partial charge in [-0.25, -0.2) is 8.42 Å². The molecule has 1 fully saturated rings. The molecule has 1 saturated carbocycles. The van der Waals surface area contributed by atoms with Crippen molar-refractivity contribution in [2.75, 3.05) is 10.8 Å². The van der Waals surface area contributed by atoms with E-state index in [1.165, 1.54) is 4.90 Å². The third-order valence-corrected chi connectivity index (χ3v) is 11.6. The first-order valence-corrected chi connectivity index (χ1v) is 18.9. The van der Waals surface area contributed by atoms with Crippen molar-refractivity contribution in [3.05, 3.63) is 129 Å². The molecule has 4 aromatic rings. The van der Waals surface area contributed by atoms with E-state index in [-0.39, 0.29) is 35.7 Å². The smallest absolute Gasteiger partial charge is 0.264 e. The quantitative estimate of drug-likeness (QED) is 0.151. The number of amides is 2. The van der Waals surface area contributed by atoms with E-state index in [1.54, 1.807) is 54.6 Å². The Bertz CT molecular complexity index is 1840. The fourth-order valence-corrected chi connectivity index (χ4v) is 7.88. The molecule has 258 valence electrons. The molecule has 7 nitrogen and oxygen atoms in total. The summed E-state index contributed by atoms with van der Waals surface area (Å²) in [6, 6.07) is 27.5. The molecule has 0 radical (unpaired) electrons. The zero-order chi connectivity index (χ0) is 35.1. The molecule has 0 heterocycles. The third kappa shape index (κ3) is 9.24. The van der Waals surface area contributed by atoms with Gasteiger partial charge in [-0.3, -0.25) is 13.9 Å². The minimum Gasteiger partial charge on any atom is -0.352 e. The maximum Gasteiger partial charge on any atom is 0.264 e. The van der Waals surface area contributed by atoms with Crippen molar-refractivity contribution >= 4 is 50.7 Å². The number of carbonyl (C=O) groups is 2. The number of rotatable bonds is 13. The number of nitrogens with one attached hydrogen (secondary N) is 1. The average Bonchev–Trinajstić information content (AvgIpc) is 3.60. The van der Waals surface area contributed by atoms with Gasteiger partial charge in [0.1, 0.15) is 12.6 Å². The number of sulfonamides is 1. The van der Waals surface area contributed by atoms with Gasteiger partial charge >= 0.3 is 0 Å². The van der Waals surface area contributed by atoms with Crippen molar-refractivity contribution in [1.29, 1.82) is 0 Å². The maximum absolute atomic E-state index is 14.7. The summed E-state index contributed by atoms with van der Waals surface area (Å²) in [4.78, 5) is 30.5. The summed E-state index contributed by atoms with van der Waals surface area (Å²) in [6.07, 6.45) is 4.04. The van der Waals surface area contributed by atoms with E-state index in [4.69, 9.17) is 23.2 Å². The lowest BCUT2D eigenvalue weighted by Crippen LogP contribution is -2.54. The van der Waals surface area contributed by atoms with Crippen molar-refractivity contribution in [2.45, 2.75) is 82.3 Å². The number of halogens is 2. The van der Waals surface area contributed by atoms with Gasteiger partial charge in [0.25, 0.3) is 10.0 Å². The SMILES string of the molecule is Cc1ccc(S(=O)(=O)N(CC(=O)N(Cc2ccc(Cl)c(Cl)c2)C(Cc2ccccc2)C(=O)NC2CCCC2)c2ccc(C(C)C)cc2)cc1. The molecule has 1 aliphatic carbocycles. The molecule has 5 rings (SSSR count). The topological polar surface area (TPSA) is 86.8 Å². The van der Waals surface area contributed by atoms with E-state index in [9.17, 15) is 18.0 Å². The van der Waals surface area contributed by atoms with Crippen LogP contribution in [0, 0.1) is 6.92 Å². The molecule has 0 bridgehead atoms. The highest BCUT2D eigenvalue weighted by molar-refractivity contribution is 7.92. The van der Waals surface area contributed by atoms with Crippen LogP contribution in [0.3, 0.4) is 0 Å². The first-order chi connectivity index (χ1) is 23.4. The van der Waals surface area contributed by atoms with Gasteiger partial charge in [-0.05, 0) is 78.8 Å². The number of carbonyl (C=O) groups excluding carboxylic acids is 2. The molecule has 2 amide bonds. The minimum atomic E-state index is -4.19. The van der Waals surface area contributed by atoms with Crippen LogP contribution in [0.15, 0.2) is 102 Å². The Kier molecular flexibility index (Phi) is 12.1. The van der Waals surface area contributed by atoms with Crippen LogP contribution < -0.4 is 9.62 Å². The normalized spacial score (nSPS) is 14.1. The molecule has 1 unspecified atom stereocenters. The van der Waals surface area contributed by atoms with Crippen molar-refractivity contribution in [3.8, 4) is 0 Å². The Labute approximate surface area is 300 Å². The summed E-state index contributed by atoms with van der Waals surface area (Å²) in [6.45, 7) is 5.48. The highest BCUT2D eigenvalue weighted by Gasteiger charge is 2.35. The summed E-state index contributed by atoms with van der Waals surface area (Å²) in [7, 11) is -4.19. The van der Waals surface area contributed by atoms with Crippen molar-refractivity contribution in [2.24, 2.45) is 0 Å². The molecule has 0 aliphatic heterocycles. The van der Waals surface area contributed by atoms with E-state index in [2.05, 4.69) is 19.2 Å². The Morgan fingerprint density at radius 2 is 1.49 bits per heavy atom. The van der Waals surface area contributed by atoms with Crippen LogP contribution >= 0.6 is 23.2 Å². The first kappa shape index (κ1) is 36.4. The van der Waals surface area contributed by atoms with Gasteiger partial charge in [-0.15, -0.1) is 0 Å². The second-order valence-corrected chi connectivity index (χ2v) is 15.7. The van der Waals surface area contributed by atoms with Crippen LogP contribution in [-0.2, 0) is 32.6 Å². The monoisotopic (exact) mass is 719 g/mol. The zero-order valence-electron chi connectivity index (χ0n) is 28.1. The molecule has 0 saturated heterocycles. The lowest BCUT2D eigenvalue weighted by molar-refractivity contribution is -0.140. The highest BCUT2D eigenvalue weighted by atomic mass is 35.5. The van der Waals surface area contributed by atoms with Gasteiger partial charge in [0.15, 0.2) is 0 Å². The van der Waals surface area contributed by atoms with E-state index in [1.807, 2.05) is 49.4 Å². The molecule has 49 heavy (non-hydrogen) atoms. The molecule has 1 atom stereocenters. The molecule has 4 aromatic carbocycles. The highest BCUT2D eigenvalue weighted by Crippen LogP contribution is 2.29. The Hall–Kier alpha value is -3.85. The van der Waals surface area contributed by atoms with Gasteiger partial charge in [0.2, 0.25) is 11.8 Å². The van der Waals surface area contributed by atoms with E-state index in [0.717, 1.165) is 46.7 Å².